The van der Waals surface area contributed by atoms with Crippen molar-refractivity contribution in [2.24, 2.45) is 0 Å². The standard InChI is InChI=1S/2C8H11ClN4O/c2*9-6-5-7(12-8(10)11-6)13-1-3-14-4-2-13/h2*5H,1-4H2,(H2,10,11,12). The van der Waals surface area contributed by atoms with Gasteiger partial charge < -0.3 is 30.7 Å². The Kier molecular flexibility index (Phi) is 7.26. The summed E-state index contributed by atoms with van der Waals surface area (Å²) in [4.78, 5) is 20.0. The lowest BCUT2D eigenvalue weighted by Crippen LogP contribution is -2.36. The van der Waals surface area contributed by atoms with E-state index in [1.807, 2.05) is 0 Å². The van der Waals surface area contributed by atoms with Crippen molar-refractivity contribution in [3.63, 3.8) is 0 Å². The smallest absolute Gasteiger partial charge is 0.223 e. The molecule has 12 heteroatoms. The van der Waals surface area contributed by atoms with Crippen molar-refractivity contribution in [3.8, 4) is 0 Å². The van der Waals surface area contributed by atoms with E-state index in [9.17, 15) is 0 Å². The highest BCUT2D eigenvalue weighted by Crippen LogP contribution is 2.18. The number of aromatic nitrogens is 4. The number of nitrogens with zero attached hydrogens (tertiary/aromatic N) is 6. The van der Waals surface area contributed by atoms with Crippen LogP contribution in [0.3, 0.4) is 0 Å². The van der Waals surface area contributed by atoms with Crippen LogP contribution in [0.4, 0.5) is 23.5 Å². The van der Waals surface area contributed by atoms with Crippen molar-refractivity contribution >= 4 is 46.7 Å². The van der Waals surface area contributed by atoms with Crippen LogP contribution in [-0.2, 0) is 9.47 Å². The molecule has 2 saturated heterocycles. The number of hydrogen-bond acceptors (Lipinski definition) is 10. The maximum Gasteiger partial charge on any atom is 0.223 e. The molecule has 152 valence electrons. The third-order valence-corrected chi connectivity index (χ3v) is 4.45. The van der Waals surface area contributed by atoms with Gasteiger partial charge in [0.15, 0.2) is 0 Å². The van der Waals surface area contributed by atoms with Crippen LogP contribution in [0.2, 0.25) is 10.3 Å². The topological polar surface area (TPSA) is 129 Å². The first-order valence-electron chi connectivity index (χ1n) is 8.77. The van der Waals surface area contributed by atoms with E-state index < -0.39 is 0 Å². The minimum Gasteiger partial charge on any atom is -0.378 e. The van der Waals surface area contributed by atoms with Gasteiger partial charge >= 0.3 is 0 Å². The highest BCUT2D eigenvalue weighted by atomic mass is 35.5. The molecule has 2 fully saturated rings. The first-order valence-corrected chi connectivity index (χ1v) is 9.52. The molecule has 2 aromatic rings. The molecule has 10 nitrogen and oxygen atoms in total. The van der Waals surface area contributed by atoms with Crippen LogP contribution in [-0.4, -0.2) is 72.5 Å². The molecule has 0 radical (unpaired) electrons. The van der Waals surface area contributed by atoms with E-state index in [0.717, 1.165) is 37.8 Å². The van der Waals surface area contributed by atoms with Crippen LogP contribution in [0.15, 0.2) is 12.1 Å². The van der Waals surface area contributed by atoms with E-state index in [4.69, 9.17) is 44.1 Å². The van der Waals surface area contributed by atoms with Gasteiger partial charge in [0.25, 0.3) is 0 Å². The SMILES string of the molecule is Nc1nc(Cl)cc(N2CCOCC2)n1.Nc1nc(Cl)cc(N2CCOCC2)n1. The summed E-state index contributed by atoms with van der Waals surface area (Å²) in [7, 11) is 0. The summed E-state index contributed by atoms with van der Waals surface area (Å²) >= 11 is 11.6. The molecule has 0 unspecified atom stereocenters. The lowest BCUT2D eigenvalue weighted by molar-refractivity contribution is 0.122. The zero-order chi connectivity index (χ0) is 19.9. The van der Waals surface area contributed by atoms with E-state index in [0.29, 0.717) is 36.7 Å². The number of anilines is 4. The van der Waals surface area contributed by atoms with E-state index in [1.54, 1.807) is 12.1 Å². The van der Waals surface area contributed by atoms with Gasteiger partial charge in [-0.3, -0.25) is 0 Å². The molecule has 0 amide bonds. The predicted octanol–water partition coefficient (Wildman–Crippen LogP) is 1.10. The van der Waals surface area contributed by atoms with Gasteiger partial charge in [-0.2, -0.15) is 9.97 Å². The molecular weight excluding hydrogens is 407 g/mol. The van der Waals surface area contributed by atoms with Gasteiger partial charge in [0, 0.05) is 38.3 Å². The third-order valence-electron chi connectivity index (χ3n) is 4.07. The average Bonchev–Trinajstić information content (AvgIpc) is 2.68. The number of hydrogen-bond donors (Lipinski definition) is 2. The molecule has 2 aromatic heterocycles. The van der Waals surface area contributed by atoms with Crippen molar-refractivity contribution in [2.75, 3.05) is 73.9 Å². The summed E-state index contributed by atoms with van der Waals surface area (Å²) in [5.41, 5.74) is 11.0. The first-order chi connectivity index (χ1) is 13.5. The molecule has 0 atom stereocenters. The summed E-state index contributed by atoms with van der Waals surface area (Å²) in [6, 6.07) is 3.42. The summed E-state index contributed by atoms with van der Waals surface area (Å²) in [5, 5.41) is 0.748. The predicted molar refractivity (Wildman–Crippen MR) is 109 cm³/mol. The van der Waals surface area contributed by atoms with Crippen LogP contribution >= 0.6 is 23.2 Å². The monoisotopic (exact) mass is 428 g/mol. The molecule has 4 heterocycles. The van der Waals surface area contributed by atoms with Gasteiger partial charge in [-0.15, -0.1) is 0 Å². The van der Waals surface area contributed by atoms with Crippen molar-refractivity contribution in [1.82, 2.24) is 19.9 Å². The maximum atomic E-state index is 5.78. The Bertz CT molecular complexity index is 679. The van der Waals surface area contributed by atoms with Gasteiger partial charge in [-0.1, -0.05) is 23.2 Å². The zero-order valence-corrected chi connectivity index (χ0v) is 16.7. The molecule has 0 bridgehead atoms. The molecule has 4 rings (SSSR count). The summed E-state index contributed by atoms with van der Waals surface area (Å²) in [6.07, 6.45) is 0. The van der Waals surface area contributed by atoms with Gasteiger partial charge in [0.1, 0.15) is 21.9 Å². The van der Waals surface area contributed by atoms with E-state index >= 15 is 0 Å². The highest BCUT2D eigenvalue weighted by molar-refractivity contribution is 6.30. The van der Waals surface area contributed by atoms with Crippen molar-refractivity contribution in [1.29, 1.82) is 0 Å². The summed E-state index contributed by atoms with van der Waals surface area (Å²) in [5.74, 6) is 1.95. The van der Waals surface area contributed by atoms with Crippen molar-refractivity contribution in [3.05, 3.63) is 22.4 Å². The number of morpholine rings is 2. The number of ether oxygens (including phenoxy) is 2. The Morgan fingerprint density at radius 2 is 1.04 bits per heavy atom. The van der Waals surface area contributed by atoms with Crippen LogP contribution in [0.25, 0.3) is 0 Å². The Morgan fingerprint density at radius 3 is 1.36 bits per heavy atom. The van der Waals surface area contributed by atoms with Crippen LogP contribution in [0.5, 0.6) is 0 Å². The molecule has 2 aliphatic rings. The average molecular weight is 429 g/mol. The molecule has 4 N–H and O–H groups in total. The highest BCUT2D eigenvalue weighted by Gasteiger charge is 2.14. The van der Waals surface area contributed by atoms with Crippen molar-refractivity contribution in [2.45, 2.75) is 0 Å². The normalized spacial score (nSPS) is 17.1. The van der Waals surface area contributed by atoms with Crippen molar-refractivity contribution < 1.29 is 9.47 Å². The Labute approximate surface area is 172 Å². The fraction of sp³-hybridized carbons (Fsp3) is 0.500. The second kappa shape index (κ2) is 9.87. The molecule has 0 aromatic carbocycles. The number of halogens is 2. The molecule has 0 saturated carbocycles. The minimum absolute atomic E-state index is 0.207. The van der Waals surface area contributed by atoms with Gasteiger partial charge in [0.05, 0.1) is 26.4 Å². The number of nitrogen functional groups attached to an aromatic ring is 2. The van der Waals surface area contributed by atoms with E-state index in [2.05, 4.69) is 29.7 Å². The molecule has 0 aliphatic carbocycles. The summed E-state index contributed by atoms with van der Waals surface area (Å²) < 4.78 is 10.5. The fourth-order valence-electron chi connectivity index (χ4n) is 2.75. The second-order valence-corrected chi connectivity index (χ2v) is 6.79. The molecule has 0 spiro atoms. The number of rotatable bonds is 2. The first kappa shape index (κ1) is 20.6. The maximum absolute atomic E-state index is 5.78. The molecule has 2 aliphatic heterocycles. The quantitative estimate of drug-likeness (QED) is 0.670. The Morgan fingerprint density at radius 1 is 0.679 bits per heavy atom. The molecular formula is C16H22Cl2N8O2. The van der Waals surface area contributed by atoms with Crippen LogP contribution < -0.4 is 21.3 Å². The summed E-state index contributed by atoms with van der Waals surface area (Å²) in [6.45, 7) is 6.09. The van der Waals surface area contributed by atoms with Gasteiger partial charge in [-0.25, -0.2) is 9.97 Å². The third kappa shape index (κ3) is 5.93. The lowest BCUT2D eigenvalue weighted by Gasteiger charge is -2.27. The Balaban J connectivity index is 0.000000161. The fourth-order valence-corrected chi connectivity index (χ4v) is 3.12. The van der Waals surface area contributed by atoms with Gasteiger partial charge in [0.2, 0.25) is 11.9 Å². The van der Waals surface area contributed by atoms with E-state index in [1.165, 1.54) is 0 Å². The number of nitrogens with two attached hydrogens (primary N) is 2. The lowest BCUT2D eigenvalue weighted by atomic mass is 10.4. The van der Waals surface area contributed by atoms with E-state index in [-0.39, 0.29) is 11.9 Å². The van der Waals surface area contributed by atoms with Gasteiger partial charge in [-0.05, 0) is 0 Å². The second-order valence-electron chi connectivity index (χ2n) is 6.01. The Hall–Kier alpha value is -2.14. The largest absolute Gasteiger partial charge is 0.378 e. The van der Waals surface area contributed by atoms with Crippen LogP contribution in [0, 0.1) is 0 Å². The van der Waals surface area contributed by atoms with Crippen LogP contribution in [0.1, 0.15) is 0 Å². The minimum atomic E-state index is 0.207. The zero-order valence-electron chi connectivity index (χ0n) is 15.2. The molecule has 28 heavy (non-hydrogen) atoms.